The molecule has 4 saturated heterocycles. The molecule has 59 heavy (non-hydrogen) atoms. The highest BCUT2D eigenvalue weighted by Gasteiger charge is 2.65. The van der Waals surface area contributed by atoms with Crippen molar-refractivity contribution in [3.8, 4) is 0 Å². The van der Waals surface area contributed by atoms with Crippen molar-refractivity contribution in [3.63, 3.8) is 0 Å². The maximum absolute atomic E-state index is 6.98. The Morgan fingerprint density at radius 2 is 0.864 bits per heavy atom. The van der Waals surface area contributed by atoms with Gasteiger partial charge in [0.05, 0.1) is 56.2 Å². The van der Waals surface area contributed by atoms with Gasteiger partial charge in [-0.15, -0.1) is 0 Å². The van der Waals surface area contributed by atoms with Crippen LogP contribution >= 0.6 is 11.8 Å². The Kier molecular flexibility index (Phi) is 12.3. The summed E-state index contributed by atoms with van der Waals surface area (Å²) in [6, 6.07) is 13.5. The van der Waals surface area contributed by atoms with E-state index in [4.69, 9.17) is 37.2 Å². The second-order valence-electron chi connectivity index (χ2n) is 21.2. The highest BCUT2D eigenvalue weighted by Crippen LogP contribution is 2.50. The maximum atomic E-state index is 6.98. The van der Waals surface area contributed by atoms with Crippen molar-refractivity contribution in [1.82, 2.24) is 0 Å². The van der Waals surface area contributed by atoms with E-state index in [1.807, 2.05) is 11.8 Å². The summed E-state index contributed by atoms with van der Waals surface area (Å²) in [4.78, 5) is 4.93. The molecule has 0 aromatic heterocycles. The Labute approximate surface area is 362 Å². The van der Waals surface area contributed by atoms with Crippen molar-refractivity contribution < 1.29 is 37.2 Å². The van der Waals surface area contributed by atoms with Crippen molar-refractivity contribution in [2.45, 2.75) is 216 Å². The Morgan fingerprint density at radius 1 is 0.458 bits per heavy atom. The van der Waals surface area contributed by atoms with Crippen molar-refractivity contribution in [3.05, 3.63) is 36.4 Å². The van der Waals surface area contributed by atoms with Gasteiger partial charge in [-0.2, -0.15) is 0 Å². The van der Waals surface area contributed by atoms with Crippen molar-refractivity contribution >= 4 is 62.3 Å². The van der Waals surface area contributed by atoms with Crippen LogP contribution in [0.25, 0.3) is 0 Å². The molecule has 2 unspecified atom stereocenters. The van der Waals surface area contributed by atoms with E-state index in [-0.39, 0.29) is 0 Å². The molecule has 0 saturated carbocycles. The van der Waals surface area contributed by atoms with E-state index in [1.165, 1.54) is 53.3 Å². The molecule has 5 aliphatic heterocycles. The lowest BCUT2D eigenvalue weighted by atomic mass is 9.49. The van der Waals surface area contributed by atoms with Gasteiger partial charge < -0.3 is 42.1 Å². The van der Waals surface area contributed by atoms with E-state index in [0.717, 1.165) is 43.2 Å². The smallest absolute Gasteiger partial charge is 0.405 e. The van der Waals surface area contributed by atoms with E-state index >= 15 is 0 Å². The van der Waals surface area contributed by atoms with Crippen LogP contribution in [0.3, 0.4) is 0 Å². The van der Waals surface area contributed by atoms with Gasteiger partial charge in [-0.25, -0.2) is 0 Å². The molecule has 0 radical (unpaired) electrons. The molecule has 7 rings (SSSR count). The third-order valence-electron chi connectivity index (χ3n) is 15.2. The fraction of sp³-hybridized carbons (Fsp3) is 0.733. The summed E-state index contributed by atoms with van der Waals surface area (Å²) in [5.41, 5.74) is 0.684. The highest BCUT2D eigenvalue weighted by atomic mass is 32.2. The molecule has 2 aromatic carbocycles. The van der Waals surface area contributed by atoms with Crippen LogP contribution in [0.2, 0.25) is 0 Å². The zero-order chi connectivity index (χ0) is 43.0. The fourth-order valence-corrected chi connectivity index (χ4v) is 10.0. The van der Waals surface area contributed by atoms with Crippen molar-refractivity contribution in [1.29, 1.82) is 0 Å². The van der Waals surface area contributed by atoms with Crippen LogP contribution in [0, 0.1) is 0 Å². The van der Waals surface area contributed by atoms with Crippen LogP contribution in [-0.2, 0) is 37.2 Å². The molecule has 14 heteroatoms. The number of anilines is 2. The lowest BCUT2D eigenvalue weighted by molar-refractivity contribution is -0.0377. The average Bonchev–Trinajstić information content (AvgIpc) is 3.70. The monoisotopic (exact) mass is 830 g/mol. The van der Waals surface area contributed by atoms with Crippen LogP contribution in [0.4, 0.5) is 11.4 Å². The van der Waals surface area contributed by atoms with E-state index in [2.05, 4.69) is 145 Å². The Bertz CT molecular complexity index is 1830. The Hall–Kier alpha value is -1.47. The molecule has 5 aliphatic rings. The van der Waals surface area contributed by atoms with Gasteiger partial charge in [-0.1, -0.05) is 62.9 Å². The molecular weight excluding hydrogens is 758 g/mol. The van der Waals surface area contributed by atoms with Gasteiger partial charge in [0.1, 0.15) is 0 Å². The molecule has 0 amide bonds. The molecule has 0 spiro atoms. The summed E-state index contributed by atoms with van der Waals surface area (Å²) >= 11 is 1.81. The summed E-state index contributed by atoms with van der Waals surface area (Å²) < 4.78 is 52.6. The van der Waals surface area contributed by atoms with Crippen molar-refractivity contribution in [2.75, 3.05) is 11.4 Å². The van der Waals surface area contributed by atoms with Crippen LogP contribution < -0.4 is 15.8 Å². The van der Waals surface area contributed by atoms with Crippen LogP contribution in [0.5, 0.6) is 0 Å². The summed E-state index contributed by atoms with van der Waals surface area (Å²) in [7, 11) is -2.10. The van der Waals surface area contributed by atoms with Crippen LogP contribution in [0.15, 0.2) is 46.2 Å². The Balaban J connectivity index is 1.06. The lowest BCUT2D eigenvalue weighted by Crippen LogP contribution is -2.47. The zero-order valence-electron chi connectivity index (χ0n) is 39.0. The minimum Gasteiger partial charge on any atom is -0.405 e. The molecule has 0 bridgehead atoms. The lowest BCUT2D eigenvalue weighted by Gasteiger charge is -2.40. The van der Waals surface area contributed by atoms with Gasteiger partial charge in [-0.3, -0.25) is 0 Å². The maximum Gasteiger partial charge on any atom is 0.494 e. The number of unbranched alkanes of at least 4 members (excludes halogenated alkanes) is 5. The zero-order valence-corrected chi connectivity index (χ0v) is 39.8. The molecule has 9 nitrogen and oxygen atoms in total. The topological polar surface area (TPSA) is 77.1 Å². The van der Waals surface area contributed by atoms with Crippen LogP contribution in [0.1, 0.15) is 162 Å². The van der Waals surface area contributed by atoms with Gasteiger partial charge >= 0.3 is 28.3 Å². The number of benzene rings is 2. The molecule has 5 heterocycles. The van der Waals surface area contributed by atoms with E-state index in [0.29, 0.717) is 0 Å². The number of fused-ring (bicyclic) bond motifs is 2. The molecular formula is C45H71B4NO8S. The average molecular weight is 829 g/mol. The Morgan fingerprint density at radius 3 is 1.41 bits per heavy atom. The third kappa shape index (κ3) is 8.51. The molecule has 0 N–H and O–H groups in total. The predicted octanol–water partition coefficient (Wildman–Crippen LogP) is 9.64. The first-order valence-corrected chi connectivity index (χ1v) is 23.3. The van der Waals surface area contributed by atoms with E-state index < -0.39 is 73.1 Å². The number of nitrogens with zero attached hydrogens (tertiary/aromatic N) is 1. The van der Waals surface area contributed by atoms with Gasteiger partial charge in [0.15, 0.2) is 0 Å². The molecule has 322 valence electrons. The second-order valence-corrected chi connectivity index (χ2v) is 22.3. The quantitative estimate of drug-likeness (QED) is 0.136. The SMILES string of the molecule is CCCCCCCCN1c2ccc(B3OC(C)(C)C(C)(C)O3)cc2Sc2cc(B3OC(C)(C)C(C)(CCCC4(C)OB(B5OC(C)(C)C(C)(C)O5)OC4(C)C)O3)ccc21. The first-order valence-electron chi connectivity index (χ1n) is 22.5. The van der Waals surface area contributed by atoms with Gasteiger partial charge in [-0.05, 0) is 158 Å². The van der Waals surface area contributed by atoms with E-state index in [9.17, 15) is 0 Å². The number of hydrogen-bond acceptors (Lipinski definition) is 10. The normalized spacial score (nSPS) is 28.4. The van der Waals surface area contributed by atoms with Gasteiger partial charge in [0, 0.05) is 16.3 Å². The van der Waals surface area contributed by atoms with Crippen molar-refractivity contribution in [2.24, 2.45) is 0 Å². The molecule has 2 aromatic rings. The molecule has 4 fully saturated rings. The largest absolute Gasteiger partial charge is 0.494 e. The molecule has 0 aliphatic carbocycles. The minimum absolute atomic E-state index is 0.402. The summed E-state index contributed by atoms with van der Waals surface area (Å²) in [6.07, 6.45) is 9.97. The third-order valence-corrected chi connectivity index (χ3v) is 16.3. The van der Waals surface area contributed by atoms with Gasteiger partial charge in [0.25, 0.3) is 0 Å². The first-order chi connectivity index (χ1) is 27.3. The standard InChI is InChI=1S/C45H71B4NO8S/c1-16-17-18-19-20-21-29-50-34-25-23-32(46-51-38(2,3)39(4,5)52-46)30-36(34)59-37-31-33(24-26-35(37)50)47-53-42(10,11)44(14,57-47)27-22-28-45(15)43(12,13)56-49(58-45)48-54-40(6,7)41(8,9)55-48/h23-26,30-31H,16-22,27-29H2,1-15H3. The summed E-state index contributed by atoms with van der Waals surface area (Å²) in [6.45, 7) is 32.8. The number of hydrogen-bond donors (Lipinski definition) is 0. The van der Waals surface area contributed by atoms with Gasteiger partial charge in [0.2, 0.25) is 0 Å². The molecule has 2 atom stereocenters. The number of rotatable bonds is 14. The minimum atomic E-state index is -0.607. The second kappa shape index (κ2) is 16.0. The highest BCUT2D eigenvalue weighted by molar-refractivity contribution is 7.99. The van der Waals surface area contributed by atoms with Crippen LogP contribution in [-0.4, -0.2) is 79.6 Å². The summed E-state index contributed by atoms with van der Waals surface area (Å²) in [5.74, 6) is 0. The summed E-state index contributed by atoms with van der Waals surface area (Å²) in [5, 5.41) is 0. The fourth-order valence-electron chi connectivity index (χ4n) is 8.84. The predicted molar refractivity (Wildman–Crippen MR) is 243 cm³/mol. The first kappa shape index (κ1) is 45.6. The van der Waals surface area contributed by atoms with E-state index in [1.54, 1.807) is 0 Å².